The SMILES string of the molecule is COC(=O)[C@H]1CCCN(C(=O)OC(C)(C)C)C1=O. The highest BCUT2D eigenvalue weighted by molar-refractivity contribution is 6.04. The van der Waals surface area contributed by atoms with Crippen molar-refractivity contribution in [3.8, 4) is 0 Å². The maximum atomic E-state index is 12.0. The molecule has 0 N–H and O–H groups in total. The number of hydrogen-bond acceptors (Lipinski definition) is 5. The summed E-state index contributed by atoms with van der Waals surface area (Å²) < 4.78 is 9.67. The molecule has 0 aromatic heterocycles. The zero-order chi connectivity index (χ0) is 13.9. The van der Waals surface area contributed by atoms with E-state index in [9.17, 15) is 14.4 Å². The van der Waals surface area contributed by atoms with E-state index in [0.717, 1.165) is 4.90 Å². The molecule has 1 aliphatic rings. The topological polar surface area (TPSA) is 72.9 Å². The second-order valence-electron chi connectivity index (χ2n) is 5.19. The number of piperidine rings is 1. The highest BCUT2D eigenvalue weighted by Crippen LogP contribution is 2.21. The lowest BCUT2D eigenvalue weighted by molar-refractivity contribution is -0.155. The molecular formula is C12H19NO5. The van der Waals surface area contributed by atoms with Crippen LogP contribution in [-0.4, -0.2) is 42.1 Å². The number of likely N-dealkylation sites (tertiary alicyclic amines) is 1. The fourth-order valence-electron chi connectivity index (χ4n) is 1.73. The smallest absolute Gasteiger partial charge is 0.417 e. The van der Waals surface area contributed by atoms with Gasteiger partial charge in [0, 0.05) is 6.54 Å². The molecule has 1 fully saturated rings. The summed E-state index contributed by atoms with van der Waals surface area (Å²) in [7, 11) is 1.22. The number of ether oxygens (including phenoxy) is 2. The Kier molecular flexibility index (Phi) is 4.32. The molecule has 1 rings (SSSR count). The summed E-state index contributed by atoms with van der Waals surface area (Å²) in [5.74, 6) is -2.04. The van der Waals surface area contributed by atoms with Gasteiger partial charge in [-0.2, -0.15) is 0 Å². The molecule has 18 heavy (non-hydrogen) atoms. The minimum Gasteiger partial charge on any atom is -0.468 e. The van der Waals surface area contributed by atoms with Crippen molar-refractivity contribution in [1.82, 2.24) is 4.90 Å². The van der Waals surface area contributed by atoms with Crippen LogP contribution in [-0.2, 0) is 19.1 Å². The Morgan fingerprint density at radius 2 is 1.94 bits per heavy atom. The molecule has 0 aliphatic carbocycles. The molecular weight excluding hydrogens is 238 g/mol. The first kappa shape index (κ1) is 14.5. The van der Waals surface area contributed by atoms with Crippen LogP contribution < -0.4 is 0 Å². The van der Waals surface area contributed by atoms with Gasteiger partial charge < -0.3 is 9.47 Å². The molecule has 0 saturated carbocycles. The van der Waals surface area contributed by atoms with Gasteiger partial charge >= 0.3 is 12.1 Å². The van der Waals surface area contributed by atoms with Gasteiger partial charge in [0.1, 0.15) is 11.5 Å². The number of carbonyl (C=O) groups excluding carboxylic acids is 3. The Hall–Kier alpha value is -1.59. The van der Waals surface area contributed by atoms with E-state index in [2.05, 4.69) is 4.74 Å². The summed E-state index contributed by atoms with van der Waals surface area (Å²) in [4.78, 5) is 36.2. The van der Waals surface area contributed by atoms with Gasteiger partial charge in [-0.3, -0.25) is 9.59 Å². The normalized spacial score (nSPS) is 20.6. The summed E-state index contributed by atoms with van der Waals surface area (Å²) in [6, 6.07) is 0. The second-order valence-corrected chi connectivity index (χ2v) is 5.19. The zero-order valence-electron chi connectivity index (χ0n) is 11.2. The Balaban J connectivity index is 2.75. The summed E-state index contributed by atoms with van der Waals surface area (Å²) in [6.45, 7) is 5.44. The van der Waals surface area contributed by atoms with Crippen LogP contribution in [0.15, 0.2) is 0 Å². The van der Waals surface area contributed by atoms with E-state index in [1.165, 1.54) is 7.11 Å². The molecule has 6 nitrogen and oxygen atoms in total. The lowest BCUT2D eigenvalue weighted by Gasteiger charge is -2.31. The maximum Gasteiger partial charge on any atom is 0.417 e. The molecule has 2 amide bonds. The van der Waals surface area contributed by atoms with Gasteiger partial charge in [-0.1, -0.05) is 0 Å². The van der Waals surface area contributed by atoms with Crippen LogP contribution in [0.4, 0.5) is 4.79 Å². The van der Waals surface area contributed by atoms with Crippen LogP contribution in [0.25, 0.3) is 0 Å². The van der Waals surface area contributed by atoms with E-state index in [-0.39, 0.29) is 6.54 Å². The molecule has 102 valence electrons. The minimum absolute atomic E-state index is 0.279. The van der Waals surface area contributed by atoms with Crippen LogP contribution in [0.2, 0.25) is 0 Å². The molecule has 1 saturated heterocycles. The van der Waals surface area contributed by atoms with Crippen molar-refractivity contribution in [2.45, 2.75) is 39.2 Å². The average Bonchev–Trinajstić information content (AvgIpc) is 2.26. The Morgan fingerprint density at radius 1 is 1.33 bits per heavy atom. The Morgan fingerprint density at radius 3 is 2.44 bits per heavy atom. The molecule has 0 aromatic rings. The van der Waals surface area contributed by atoms with E-state index >= 15 is 0 Å². The third-order valence-electron chi connectivity index (χ3n) is 2.54. The summed E-state index contributed by atoms with van der Waals surface area (Å²) in [5, 5.41) is 0. The number of methoxy groups -OCH3 is 1. The number of amides is 2. The number of imide groups is 1. The monoisotopic (exact) mass is 257 g/mol. The molecule has 1 heterocycles. The molecule has 1 atom stereocenters. The first-order valence-corrected chi connectivity index (χ1v) is 5.88. The van der Waals surface area contributed by atoms with Crippen LogP contribution in [0.3, 0.4) is 0 Å². The van der Waals surface area contributed by atoms with Crippen molar-refractivity contribution in [1.29, 1.82) is 0 Å². The molecule has 6 heteroatoms. The summed E-state index contributed by atoms with van der Waals surface area (Å²) >= 11 is 0. The van der Waals surface area contributed by atoms with Crippen molar-refractivity contribution < 1.29 is 23.9 Å². The second kappa shape index (κ2) is 5.37. The molecule has 0 bridgehead atoms. The first-order chi connectivity index (χ1) is 8.26. The Labute approximate surface area is 106 Å². The highest BCUT2D eigenvalue weighted by Gasteiger charge is 2.39. The summed E-state index contributed by atoms with van der Waals surface area (Å²) in [5.41, 5.74) is -0.671. The number of esters is 1. The van der Waals surface area contributed by atoms with Gasteiger partial charge in [-0.15, -0.1) is 0 Å². The van der Waals surface area contributed by atoms with Crippen LogP contribution in [0.1, 0.15) is 33.6 Å². The van der Waals surface area contributed by atoms with Gasteiger partial charge in [-0.25, -0.2) is 9.69 Å². The number of hydrogen-bond donors (Lipinski definition) is 0. The maximum absolute atomic E-state index is 12.0. The zero-order valence-corrected chi connectivity index (χ0v) is 11.2. The van der Waals surface area contributed by atoms with Crippen molar-refractivity contribution in [2.24, 2.45) is 5.92 Å². The third kappa shape index (κ3) is 3.45. The van der Waals surface area contributed by atoms with Gasteiger partial charge in [0.25, 0.3) is 0 Å². The molecule has 0 radical (unpaired) electrons. The first-order valence-electron chi connectivity index (χ1n) is 5.88. The quantitative estimate of drug-likeness (QED) is 0.523. The van der Waals surface area contributed by atoms with E-state index < -0.39 is 29.5 Å². The van der Waals surface area contributed by atoms with Crippen molar-refractivity contribution in [3.05, 3.63) is 0 Å². The lowest BCUT2D eigenvalue weighted by atomic mass is 9.97. The predicted octanol–water partition coefficient (Wildman–Crippen LogP) is 1.33. The average molecular weight is 257 g/mol. The molecule has 1 aliphatic heterocycles. The lowest BCUT2D eigenvalue weighted by Crippen LogP contribution is -2.49. The standard InChI is InChI=1S/C12H19NO5/c1-12(2,3)18-11(16)13-7-5-6-8(9(13)14)10(15)17-4/h8H,5-7H2,1-4H3/t8-/m0/s1. The molecule has 0 unspecified atom stereocenters. The van der Waals surface area contributed by atoms with Crippen molar-refractivity contribution >= 4 is 18.0 Å². The Bertz CT molecular complexity index is 358. The largest absolute Gasteiger partial charge is 0.468 e. The minimum atomic E-state index is -0.892. The fraction of sp³-hybridized carbons (Fsp3) is 0.750. The highest BCUT2D eigenvalue weighted by atomic mass is 16.6. The van der Waals surface area contributed by atoms with Gasteiger partial charge in [-0.05, 0) is 33.6 Å². The molecule has 0 spiro atoms. The van der Waals surface area contributed by atoms with E-state index in [1.54, 1.807) is 20.8 Å². The molecule has 0 aromatic carbocycles. The van der Waals surface area contributed by atoms with Crippen molar-refractivity contribution in [3.63, 3.8) is 0 Å². The van der Waals surface area contributed by atoms with Gasteiger partial charge in [0.2, 0.25) is 5.91 Å². The third-order valence-corrected chi connectivity index (χ3v) is 2.54. The number of rotatable bonds is 1. The summed E-state index contributed by atoms with van der Waals surface area (Å²) in [6.07, 6.45) is 0.274. The van der Waals surface area contributed by atoms with Crippen LogP contribution in [0, 0.1) is 5.92 Å². The number of nitrogens with zero attached hydrogens (tertiary/aromatic N) is 1. The number of carbonyl (C=O) groups is 3. The van der Waals surface area contributed by atoms with E-state index in [1.807, 2.05) is 0 Å². The van der Waals surface area contributed by atoms with E-state index in [4.69, 9.17) is 4.74 Å². The van der Waals surface area contributed by atoms with Gasteiger partial charge in [0.15, 0.2) is 0 Å². The van der Waals surface area contributed by atoms with Gasteiger partial charge in [0.05, 0.1) is 7.11 Å². The van der Waals surface area contributed by atoms with E-state index in [0.29, 0.717) is 12.8 Å². The fourth-order valence-corrected chi connectivity index (χ4v) is 1.73. The van der Waals surface area contributed by atoms with Crippen LogP contribution in [0.5, 0.6) is 0 Å². The van der Waals surface area contributed by atoms with Crippen LogP contribution >= 0.6 is 0 Å². The predicted molar refractivity (Wildman–Crippen MR) is 62.7 cm³/mol. The van der Waals surface area contributed by atoms with Crippen molar-refractivity contribution in [2.75, 3.05) is 13.7 Å².